The van der Waals surface area contributed by atoms with Crippen molar-refractivity contribution >= 4 is 0 Å². The Morgan fingerprint density at radius 1 is 1.62 bits per heavy atom. The zero-order valence-corrected chi connectivity index (χ0v) is 5.39. The number of hydrogen-bond acceptors (Lipinski definition) is 1. The van der Waals surface area contributed by atoms with Crippen LogP contribution in [-0.4, -0.2) is 13.7 Å². The highest BCUT2D eigenvalue weighted by atomic mass is 16.5. The second kappa shape index (κ2) is 3.08. The molecule has 8 heavy (non-hydrogen) atoms. The van der Waals surface area contributed by atoms with Gasteiger partial charge in [-0.3, -0.25) is 0 Å². The molecule has 0 aromatic carbocycles. The number of ether oxygens (including phenoxy) is 1. The molecule has 0 unspecified atom stereocenters. The first-order valence-corrected chi connectivity index (χ1v) is 3.26. The van der Waals surface area contributed by atoms with Gasteiger partial charge in [0.25, 0.3) is 0 Å². The van der Waals surface area contributed by atoms with Gasteiger partial charge in [-0.2, -0.15) is 0 Å². The highest BCUT2D eigenvalue weighted by Crippen LogP contribution is 2.28. The van der Waals surface area contributed by atoms with E-state index in [2.05, 4.69) is 6.42 Å². The van der Waals surface area contributed by atoms with Gasteiger partial charge in [0.2, 0.25) is 0 Å². The Balaban J connectivity index is 1.86. The van der Waals surface area contributed by atoms with Gasteiger partial charge in [-0.25, -0.2) is 0 Å². The van der Waals surface area contributed by atoms with Crippen molar-refractivity contribution in [1.82, 2.24) is 0 Å². The van der Waals surface area contributed by atoms with Gasteiger partial charge >= 0.3 is 0 Å². The minimum atomic E-state index is 0.838. The Hall–Kier alpha value is -0.0400. The van der Waals surface area contributed by atoms with Crippen molar-refractivity contribution in [1.29, 1.82) is 0 Å². The van der Waals surface area contributed by atoms with Crippen LogP contribution in [0.3, 0.4) is 0 Å². The van der Waals surface area contributed by atoms with Crippen LogP contribution in [0.4, 0.5) is 0 Å². The molecule has 1 rings (SSSR count). The molecule has 0 aliphatic heterocycles. The van der Waals surface area contributed by atoms with Gasteiger partial charge in [0.05, 0.1) is 0 Å². The first kappa shape index (κ1) is 6.09. The summed E-state index contributed by atoms with van der Waals surface area (Å²) in [6, 6.07) is 0. The Kier molecular flexibility index (Phi) is 2.34. The third kappa shape index (κ3) is 1.48. The predicted molar refractivity (Wildman–Crippen MR) is 33.5 cm³/mol. The van der Waals surface area contributed by atoms with Crippen LogP contribution in [-0.2, 0) is 4.74 Å². The van der Waals surface area contributed by atoms with Crippen LogP contribution in [0, 0.1) is 12.3 Å². The fraction of sp³-hybridized carbons (Fsp3) is 0.857. The molecule has 1 fully saturated rings. The van der Waals surface area contributed by atoms with Crippen molar-refractivity contribution in [3.63, 3.8) is 0 Å². The Morgan fingerprint density at radius 3 is 2.75 bits per heavy atom. The van der Waals surface area contributed by atoms with Gasteiger partial charge < -0.3 is 4.74 Å². The number of rotatable bonds is 3. The second-order valence-electron chi connectivity index (χ2n) is 2.38. The topological polar surface area (TPSA) is 9.23 Å². The van der Waals surface area contributed by atoms with Gasteiger partial charge in [-0.15, -0.1) is 0 Å². The second-order valence-corrected chi connectivity index (χ2v) is 2.38. The molecule has 1 saturated carbocycles. The van der Waals surface area contributed by atoms with Crippen molar-refractivity contribution in [2.75, 3.05) is 13.7 Å². The molecule has 0 saturated heterocycles. The smallest absolute Gasteiger partial charge is 0.0496 e. The Morgan fingerprint density at radius 2 is 2.38 bits per heavy atom. The predicted octanol–water partition coefficient (Wildman–Crippen LogP) is 1.64. The van der Waals surface area contributed by atoms with E-state index in [1.807, 2.05) is 0 Å². The molecule has 0 amide bonds. The lowest BCUT2D eigenvalue weighted by Gasteiger charge is -2.24. The summed E-state index contributed by atoms with van der Waals surface area (Å²) in [5.41, 5.74) is 0. The van der Waals surface area contributed by atoms with Gasteiger partial charge in [-0.05, 0) is 12.3 Å². The molecule has 47 valence electrons. The molecule has 0 bridgehead atoms. The molecular weight excluding hydrogens is 100 g/mol. The fourth-order valence-corrected chi connectivity index (χ4v) is 0.908. The summed E-state index contributed by atoms with van der Waals surface area (Å²) in [5, 5.41) is 0. The fourth-order valence-electron chi connectivity index (χ4n) is 0.908. The summed E-state index contributed by atoms with van der Waals surface area (Å²) >= 11 is 0. The third-order valence-electron chi connectivity index (χ3n) is 1.75. The molecule has 0 atom stereocenters. The van der Waals surface area contributed by atoms with Crippen LogP contribution in [0.15, 0.2) is 0 Å². The molecule has 1 radical (unpaired) electrons. The Labute approximate surface area is 51.0 Å². The van der Waals surface area contributed by atoms with Crippen molar-refractivity contribution < 1.29 is 4.74 Å². The summed E-state index contributed by atoms with van der Waals surface area (Å²) < 4.78 is 4.89. The molecule has 0 aromatic heterocycles. The lowest BCUT2D eigenvalue weighted by molar-refractivity contribution is 0.199. The van der Waals surface area contributed by atoms with Crippen LogP contribution in [0.25, 0.3) is 0 Å². The maximum Gasteiger partial charge on any atom is 0.0496 e. The molecule has 0 aromatic rings. The quantitative estimate of drug-likeness (QED) is 0.540. The SMILES string of the molecule is COC[CH]C1CCC1. The van der Waals surface area contributed by atoms with Crippen LogP contribution < -0.4 is 0 Å². The van der Waals surface area contributed by atoms with E-state index in [1.165, 1.54) is 19.3 Å². The lowest BCUT2D eigenvalue weighted by atomic mass is 9.83. The van der Waals surface area contributed by atoms with E-state index in [4.69, 9.17) is 4.74 Å². The van der Waals surface area contributed by atoms with Gasteiger partial charge in [0.15, 0.2) is 0 Å². The van der Waals surface area contributed by atoms with E-state index in [0.29, 0.717) is 0 Å². The van der Waals surface area contributed by atoms with Gasteiger partial charge in [0, 0.05) is 13.7 Å². The molecule has 1 aliphatic rings. The van der Waals surface area contributed by atoms with E-state index in [1.54, 1.807) is 7.11 Å². The minimum Gasteiger partial charge on any atom is -0.384 e. The minimum absolute atomic E-state index is 0.838. The Bertz CT molecular complexity index is 57.4. The normalized spacial score (nSPS) is 20.6. The van der Waals surface area contributed by atoms with E-state index in [-0.39, 0.29) is 0 Å². The van der Waals surface area contributed by atoms with E-state index in [9.17, 15) is 0 Å². The van der Waals surface area contributed by atoms with Crippen LogP contribution in [0.1, 0.15) is 19.3 Å². The average molecular weight is 113 g/mol. The van der Waals surface area contributed by atoms with Crippen LogP contribution in [0.5, 0.6) is 0 Å². The van der Waals surface area contributed by atoms with E-state index < -0.39 is 0 Å². The first-order chi connectivity index (χ1) is 3.93. The number of methoxy groups -OCH3 is 1. The molecular formula is C7H13O. The van der Waals surface area contributed by atoms with Crippen molar-refractivity contribution in [2.45, 2.75) is 19.3 Å². The monoisotopic (exact) mass is 113 g/mol. The van der Waals surface area contributed by atoms with Crippen molar-refractivity contribution in [2.24, 2.45) is 5.92 Å². The molecule has 1 heteroatoms. The average Bonchev–Trinajstić information content (AvgIpc) is 1.63. The highest BCUT2D eigenvalue weighted by molar-refractivity contribution is 4.82. The molecule has 1 nitrogen and oxygen atoms in total. The van der Waals surface area contributed by atoms with E-state index in [0.717, 1.165) is 12.5 Å². The first-order valence-electron chi connectivity index (χ1n) is 3.26. The maximum atomic E-state index is 4.89. The highest BCUT2D eigenvalue weighted by Gasteiger charge is 2.16. The van der Waals surface area contributed by atoms with Gasteiger partial charge in [0.1, 0.15) is 0 Å². The summed E-state index contributed by atoms with van der Waals surface area (Å²) in [5.74, 6) is 0.884. The maximum absolute atomic E-state index is 4.89. The lowest BCUT2D eigenvalue weighted by Crippen LogP contribution is -2.13. The summed E-state index contributed by atoms with van der Waals surface area (Å²) in [6.45, 7) is 0.838. The van der Waals surface area contributed by atoms with Crippen LogP contribution >= 0.6 is 0 Å². The third-order valence-corrected chi connectivity index (χ3v) is 1.75. The zero-order valence-electron chi connectivity index (χ0n) is 5.39. The summed E-state index contributed by atoms with van der Waals surface area (Å²) in [4.78, 5) is 0. The van der Waals surface area contributed by atoms with Crippen LogP contribution in [0.2, 0.25) is 0 Å². The zero-order chi connectivity index (χ0) is 5.82. The van der Waals surface area contributed by atoms with E-state index >= 15 is 0 Å². The largest absolute Gasteiger partial charge is 0.384 e. The standard InChI is InChI=1S/C7H13O/c1-8-6-5-7-3-2-4-7/h5,7H,2-4,6H2,1H3. The number of hydrogen-bond donors (Lipinski definition) is 0. The molecule has 0 spiro atoms. The molecule has 0 heterocycles. The molecule has 1 aliphatic carbocycles. The van der Waals surface area contributed by atoms with Crippen molar-refractivity contribution in [3.8, 4) is 0 Å². The molecule has 0 N–H and O–H groups in total. The van der Waals surface area contributed by atoms with Crippen molar-refractivity contribution in [3.05, 3.63) is 6.42 Å². The van der Waals surface area contributed by atoms with Gasteiger partial charge in [-0.1, -0.05) is 19.3 Å². The summed E-state index contributed by atoms with van der Waals surface area (Å²) in [7, 11) is 1.75. The summed E-state index contributed by atoms with van der Waals surface area (Å²) in [6.07, 6.45) is 6.47.